The molecule has 0 radical (unpaired) electrons. The highest BCUT2D eigenvalue weighted by atomic mass is 31.0. The van der Waals surface area contributed by atoms with Crippen LogP contribution >= 0.6 is 8.86 Å². The topological polar surface area (TPSA) is 29.5 Å². The van der Waals surface area contributed by atoms with E-state index in [0.717, 1.165) is 32.2 Å². The summed E-state index contributed by atoms with van der Waals surface area (Å²) in [6, 6.07) is 0.182. The van der Waals surface area contributed by atoms with Gasteiger partial charge < -0.3 is 9.64 Å². The number of amides is 1. The average Bonchev–Trinajstić information content (AvgIpc) is 2.43. The van der Waals surface area contributed by atoms with Gasteiger partial charge in [-0.15, -0.1) is 8.86 Å². The van der Waals surface area contributed by atoms with Crippen molar-refractivity contribution in [1.29, 1.82) is 0 Å². The maximum absolute atomic E-state index is 12.2. The Hall–Kier alpha value is -0.400. The maximum atomic E-state index is 12.2. The first-order valence-corrected chi connectivity index (χ1v) is 8.52. The van der Waals surface area contributed by atoms with E-state index in [1.807, 2.05) is 10.7 Å². The third-order valence-electron chi connectivity index (χ3n) is 3.46. The van der Waals surface area contributed by atoms with Crippen molar-refractivity contribution < 1.29 is 9.53 Å². The summed E-state index contributed by atoms with van der Waals surface area (Å²) in [4.78, 5) is 14.2. The van der Waals surface area contributed by atoms with Gasteiger partial charge in [0.25, 0.3) is 0 Å². The summed E-state index contributed by atoms with van der Waals surface area (Å²) >= 11 is 0. The monoisotopic (exact) mass is 301 g/mol. The lowest BCUT2D eigenvalue weighted by Gasteiger charge is -2.28. The molecule has 1 unspecified atom stereocenters. The highest BCUT2D eigenvalue weighted by Gasteiger charge is 2.18. The maximum Gasteiger partial charge on any atom is 0.222 e. The van der Waals surface area contributed by atoms with Gasteiger partial charge in [0.15, 0.2) is 0 Å². The van der Waals surface area contributed by atoms with Gasteiger partial charge in [0.05, 0.1) is 12.6 Å². The van der Waals surface area contributed by atoms with Gasteiger partial charge in [0, 0.05) is 20.1 Å². The standard InChI is InChI=1S/C16H32NO2P/c1-4-12-17(15(2)14-19-3)16(18)11-9-7-5-6-8-10-13-20/h13,15,20H,4-12,14H2,1-3H3. The highest BCUT2D eigenvalue weighted by molar-refractivity contribution is 7.18. The van der Waals surface area contributed by atoms with Gasteiger partial charge in [0.2, 0.25) is 5.91 Å². The van der Waals surface area contributed by atoms with Crippen LogP contribution in [0.3, 0.4) is 0 Å². The first kappa shape index (κ1) is 19.6. The molecule has 0 fully saturated rings. The first-order chi connectivity index (χ1) is 9.67. The normalized spacial score (nSPS) is 12.2. The van der Waals surface area contributed by atoms with Crippen molar-refractivity contribution in [3.63, 3.8) is 0 Å². The van der Waals surface area contributed by atoms with Crippen molar-refractivity contribution in [2.75, 3.05) is 20.3 Å². The molecule has 0 saturated carbocycles. The zero-order valence-corrected chi connectivity index (χ0v) is 14.5. The van der Waals surface area contributed by atoms with E-state index in [9.17, 15) is 4.79 Å². The fourth-order valence-electron chi connectivity index (χ4n) is 2.36. The molecule has 3 nitrogen and oxygen atoms in total. The van der Waals surface area contributed by atoms with Gasteiger partial charge in [-0.25, -0.2) is 0 Å². The second-order valence-electron chi connectivity index (χ2n) is 5.40. The van der Waals surface area contributed by atoms with Gasteiger partial charge in [-0.2, -0.15) is 0 Å². The number of nitrogens with zero attached hydrogens (tertiary/aromatic N) is 1. The summed E-state index contributed by atoms with van der Waals surface area (Å²) in [6.45, 7) is 5.63. The molecule has 0 rings (SSSR count). The van der Waals surface area contributed by atoms with Crippen LogP contribution in [-0.2, 0) is 9.53 Å². The van der Waals surface area contributed by atoms with Crippen molar-refractivity contribution in [1.82, 2.24) is 4.90 Å². The predicted molar refractivity (Wildman–Crippen MR) is 90.0 cm³/mol. The Morgan fingerprint density at radius 2 is 1.90 bits per heavy atom. The minimum atomic E-state index is 0.182. The highest BCUT2D eigenvalue weighted by Crippen LogP contribution is 2.10. The molecule has 1 amide bonds. The van der Waals surface area contributed by atoms with E-state index < -0.39 is 0 Å². The Morgan fingerprint density at radius 3 is 2.50 bits per heavy atom. The van der Waals surface area contributed by atoms with E-state index in [-0.39, 0.29) is 11.9 Å². The SMILES string of the molecule is CCCN(C(=O)CCCCCCCC=P)C(C)COC. The number of carbonyl (C=O) groups is 1. The number of carbonyl (C=O) groups excluding carboxylic acids is 1. The van der Waals surface area contributed by atoms with Crippen LogP contribution < -0.4 is 0 Å². The van der Waals surface area contributed by atoms with E-state index in [1.165, 1.54) is 19.3 Å². The van der Waals surface area contributed by atoms with Crippen LogP contribution in [0.5, 0.6) is 0 Å². The molecule has 0 aromatic carbocycles. The molecule has 1 atom stereocenters. The zero-order valence-electron chi connectivity index (χ0n) is 13.5. The molecule has 20 heavy (non-hydrogen) atoms. The summed E-state index contributed by atoms with van der Waals surface area (Å²) in [5, 5.41) is 0. The third kappa shape index (κ3) is 9.50. The number of ether oxygens (including phenoxy) is 1. The molecule has 0 aromatic heterocycles. The largest absolute Gasteiger partial charge is 0.383 e. The van der Waals surface area contributed by atoms with Crippen LogP contribution in [0.4, 0.5) is 0 Å². The smallest absolute Gasteiger partial charge is 0.222 e. The van der Waals surface area contributed by atoms with E-state index in [2.05, 4.69) is 22.7 Å². The van der Waals surface area contributed by atoms with Crippen LogP contribution in [0.25, 0.3) is 0 Å². The Balaban J connectivity index is 3.86. The van der Waals surface area contributed by atoms with Gasteiger partial charge >= 0.3 is 0 Å². The van der Waals surface area contributed by atoms with Crippen molar-refractivity contribution >= 4 is 20.6 Å². The van der Waals surface area contributed by atoms with E-state index in [1.54, 1.807) is 7.11 Å². The van der Waals surface area contributed by atoms with Crippen molar-refractivity contribution in [3.8, 4) is 0 Å². The van der Waals surface area contributed by atoms with Gasteiger partial charge in [-0.1, -0.05) is 32.0 Å². The van der Waals surface area contributed by atoms with Gasteiger partial charge in [-0.05, 0) is 32.6 Å². The fraction of sp³-hybridized carbons (Fsp3) is 0.875. The number of unbranched alkanes of at least 4 members (excludes halogenated alkanes) is 5. The molecule has 0 saturated heterocycles. The summed E-state index contributed by atoms with van der Waals surface area (Å²) in [7, 11) is 5.06. The average molecular weight is 301 g/mol. The lowest BCUT2D eigenvalue weighted by molar-refractivity contribution is -0.134. The minimum absolute atomic E-state index is 0.182. The summed E-state index contributed by atoms with van der Waals surface area (Å²) in [5.41, 5.74) is 0. The Morgan fingerprint density at radius 1 is 1.25 bits per heavy atom. The van der Waals surface area contributed by atoms with Crippen LogP contribution in [0.1, 0.15) is 65.2 Å². The van der Waals surface area contributed by atoms with E-state index in [4.69, 9.17) is 4.74 Å². The molecule has 0 aromatic rings. The molecular formula is C16H32NO2P. The number of rotatable bonds is 13. The molecule has 118 valence electrons. The molecule has 0 bridgehead atoms. The molecule has 0 heterocycles. The quantitative estimate of drug-likeness (QED) is 0.381. The first-order valence-electron chi connectivity index (χ1n) is 7.94. The summed E-state index contributed by atoms with van der Waals surface area (Å²) in [5.74, 6) is 2.31. The second kappa shape index (κ2) is 13.6. The van der Waals surface area contributed by atoms with Crippen LogP contribution in [-0.4, -0.2) is 42.9 Å². The van der Waals surface area contributed by atoms with Crippen LogP contribution in [0, 0.1) is 0 Å². The summed E-state index contributed by atoms with van der Waals surface area (Å²) < 4.78 is 5.16. The van der Waals surface area contributed by atoms with E-state index in [0.29, 0.717) is 13.0 Å². The van der Waals surface area contributed by atoms with E-state index >= 15 is 0 Å². The zero-order chi connectivity index (χ0) is 15.2. The number of methoxy groups -OCH3 is 1. The minimum Gasteiger partial charge on any atom is -0.383 e. The van der Waals surface area contributed by atoms with Gasteiger partial charge in [-0.3, -0.25) is 4.79 Å². The fourth-order valence-corrected chi connectivity index (χ4v) is 2.56. The van der Waals surface area contributed by atoms with Crippen molar-refractivity contribution in [3.05, 3.63) is 0 Å². The number of hydrogen-bond donors (Lipinski definition) is 0. The molecule has 4 heteroatoms. The molecule has 0 spiro atoms. The van der Waals surface area contributed by atoms with Crippen molar-refractivity contribution in [2.24, 2.45) is 0 Å². The molecule has 0 aliphatic carbocycles. The number of hydrogen-bond acceptors (Lipinski definition) is 2. The van der Waals surface area contributed by atoms with Crippen LogP contribution in [0.15, 0.2) is 0 Å². The molecule has 0 aliphatic heterocycles. The van der Waals surface area contributed by atoms with Gasteiger partial charge in [0.1, 0.15) is 0 Å². The Kier molecular flexibility index (Phi) is 13.3. The molecule has 0 aliphatic rings. The molecule has 0 N–H and O–H groups in total. The summed E-state index contributed by atoms with van der Waals surface area (Å²) in [6.07, 6.45) is 8.71. The predicted octanol–water partition coefficient (Wildman–Crippen LogP) is 3.94. The molecular weight excluding hydrogens is 269 g/mol. The third-order valence-corrected chi connectivity index (χ3v) is 3.75. The Labute approximate surface area is 127 Å². The Bertz CT molecular complexity index is 259. The lowest BCUT2D eigenvalue weighted by atomic mass is 10.1. The second-order valence-corrected chi connectivity index (χ2v) is 5.81. The van der Waals surface area contributed by atoms with Crippen LogP contribution in [0.2, 0.25) is 0 Å². The lowest BCUT2D eigenvalue weighted by Crippen LogP contribution is -2.41. The van der Waals surface area contributed by atoms with Crippen molar-refractivity contribution in [2.45, 2.75) is 71.3 Å².